The van der Waals surface area contributed by atoms with Crippen LogP contribution in [0.25, 0.3) is 27.8 Å². The van der Waals surface area contributed by atoms with Gasteiger partial charge in [-0.05, 0) is 55.5 Å². The van der Waals surface area contributed by atoms with E-state index < -0.39 is 0 Å². The number of aliphatic hydroxyl groups excluding tert-OH is 1. The Morgan fingerprint density at radius 2 is 1.90 bits per heavy atom. The number of amides is 1. The van der Waals surface area contributed by atoms with Gasteiger partial charge in [-0.25, -0.2) is 9.07 Å². The number of benzene rings is 3. The number of hydrogen-bond acceptors (Lipinski definition) is 3. The molecule has 0 aliphatic carbocycles. The molecule has 1 aromatic heterocycles. The molecule has 4 rings (SSSR count). The monoisotopic (exact) mass is 423 g/mol. The van der Waals surface area contributed by atoms with Crippen molar-refractivity contribution in [2.75, 3.05) is 6.61 Å². The van der Waals surface area contributed by atoms with Gasteiger partial charge in [0.15, 0.2) is 0 Å². The third-order valence-electron chi connectivity index (χ3n) is 4.79. The van der Waals surface area contributed by atoms with Crippen LogP contribution in [0.15, 0.2) is 66.7 Å². The lowest BCUT2D eigenvalue weighted by molar-refractivity contribution is 0.0922. The largest absolute Gasteiger partial charge is 0.394 e. The standard InChI is InChI=1S/C23H19ClFN3O2/c1-14(13-29)26-23(30)15-6-11-19-21(12-15)28(17-9-7-16(25)8-10-17)27-22(19)18-4-2-3-5-20(18)24/h2-12,14,29H,13H2,1H3,(H,26,30)/t14-/m1/s1. The van der Waals surface area contributed by atoms with E-state index in [1.807, 2.05) is 24.3 Å². The van der Waals surface area contributed by atoms with Gasteiger partial charge >= 0.3 is 0 Å². The predicted molar refractivity (Wildman–Crippen MR) is 115 cm³/mol. The number of nitrogens with zero attached hydrogens (tertiary/aromatic N) is 2. The summed E-state index contributed by atoms with van der Waals surface area (Å²) in [5.41, 5.74) is 3.19. The molecular weight excluding hydrogens is 405 g/mol. The van der Waals surface area contributed by atoms with Crippen molar-refractivity contribution in [3.05, 3.63) is 83.1 Å². The van der Waals surface area contributed by atoms with Crippen LogP contribution < -0.4 is 5.32 Å². The summed E-state index contributed by atoms with van der Waals surface area (Å²) in [6.45, 7) is 1.56. The first-order chi connectivity index (χ1) is 14.5. The van der Waals surface area contributed by atoms with Crippen LogP contribution >= 0.6 is 11.6 Å². The van der Waals surface area contributed by atoms with Crippen molar-refractivity contribution in [3.8, 4) is 16.9 Å². The second-order valence-corrected chi connectivity index (χ2v) is 7.41. The number of carbonyl (C=O) groups excluding carboxylic acids is 1. The van der Waals surface area contributed by atoms with E-state index in [1.54, 1.807) is 41.9 Å². The number of aliphatic hydroxyl groups is 1. The lowest BCUT2D eigenvalue weighted by Crippen LogP contribution is -2.34. The summed E-state index contributed by atoms with van der Waals surface area (Å²) >= 11 is 6.40. The molecule has 1 atom stereocenters. The van der Waals surface area contributed by atoms with Crippen LogP contribution in [0.3, 0.4) is 0 Å². The van der Waals surface area contributed by atoms with Crippen LogP contribution in [0.5, 0.6) is 0 Å². The van der Waals surface area contributed by atoms with Gasteiger partial charge in [0.25, 0.3) is 5.91 Å². The van der Waals surface area contributed by atoms with Crippen LogP contribution in [0.4, 0.5) is 4.39 Å². The molecule has 0 radical (unpaired) electrons. The van der Waals surface area contributed by atoms with E-state index in [4.69, 9.17) is 16.7 Å². The van der Waals surface area contributed by atoms with Crippen LogP contribution in [-0.4, -0.2) is 33.4 Å². The van der Waals surface area contributed by atoms with Crippen LogP contribution in [0.2, 0.25) is 5.02 Å². The summed E-state index contributed by atoms with van der Waals surface area (Å²) in [4.78, 5) is 12.6. The van der Waals surface area contributed by atoms with E-state index in [1.165, 1.54) is 12.1 Å². The first kappa shape index (κ1) is 20.1. The molecule has 2 N–H and O–H groups in total. The molecule has 7 heteroatoms. The molecule has 1 heterocycles. The van der Waals surface area contributed by atoms with Crippen molar-refractivity contribution in [1.82, 2.24) is 15.1 Å². The molecule has 0 saturated heterocycles. The molecule has 152 valence electrons. The smallest absolute Gasteiger partial charge is 0.251 e. The van der Waals surface area contributed by atoms with Crippen LogP contribution in [0.1, 0.15) is 17.3 Å². The van der Waals surface area contributed by atoms with Crippen molar-refractivity contribution < 1.29 is 14.3 Å². The zero-order valence-corrected chi connectivity index (χ0v) is 16.9. The SMILES string of the molecule is C[C@H](CO)NC(=O)c1ccc2c(-c3ccccc3Cl)nn(-c3ccc(F)cc3)c2c1. The minimum Gasteiger partial charge on any atom is -0.394 e. The van der Waals surface area contributed by atoms with Gasteiger partial charge in [0.05, 0.1) is 22.8 Å². The summed E-state index contributed by atoms with van der Waals surface area (Å²) < 4.78 is 15.1. The minimum absolute atomic E-state index is 0.155. The quantitative estimate of drug-likeness (QED) is 0.493. The summed E-state index contributed by atoms with van der Waals surface area (Å²) in [6.07, 6.45) is 0. The zero-order valence-electron chi connectivity index (χ0n) is 16.1. The van der Waals surface area contributed by atoms with Crippen LogP contribution in [-0.2, 0) is 0 Å². The number of aromatic nitrogens is 2. The molecule has 0 saturated carbocycles. The fourth-order valence-corrected chi connectivity index (χ4v) is 3.47. The average Bonchev–Trinajstić information content (AvgIpc) is 3.13. The van der Waals surface area contributed by atoms with Crippen molar-refractivity contribution in [1.29, 1.82) is 0 Å². The predicted octanol–water partition coefficient (Wildman–Crippen LogP) is 4.60. The first-order valence-corrected chi connectivity index (χ1v) is 9.81. The van der Waals surface area contributed by atoms with Gasteiger partial charge in [-0.15, -0.1) is 0 Å². The average molecular weight is 424 g/mol. The highest BCUT2D eigenvalue weighted by molar-refractivity contribution is 6.33. The Balaban J connectivity index is 1.91. The Bertz CT molecular complexity index is 1220. The Labute approximate surface area is 177 Å². The van der Waals surface area contributed by atoms with E-state index >= 15 is 0 Å². The fraction of sp³-hybridized carbons (Fsp3) is 0.130. The summed E-state index contributed by atoms with van der Waals surface area (Å²) in [6, 6.07) is 18.2. The topological polar surface area (TPSA) is 67.2 Å². The highest BCUT2D eigenvalue weighted by Gasteiger charge is 2.18. The molecular formula is C23H19ClFN3O2. The van der Waals surface area contributed by atoms with Gasteiger partial charge in [-0.1, -0.05) is 29.8 Å². The second-order valence-electron chi connectivity index (χ2n) is 7.01. The van der Waals surface area contributed by atoms with Gasteiger partial charge in [0.2, 0.25) is 0 Å². The third kappa shape index (κ3) is 3.79. The lowest BCUT2D eigenvalue weighted by Gasteiger charge is -2.11. The summed E-state index contributed by atoms with van der Waals surface area (Å²) in [5.74, 6) is -0.649. The number of halogens is 2. The molecule has 3 aromatic carbocycles. The number of hydrogen-bond donors (Lipinski definition) is 2. The van der Waals surface area contributed by atoms with Gasteiger partial charge in [-0.2, -0.15) is 5.10 Å². The Morgan fingerprint density at radius 3 is 2.60 bits per heavy atom. The Kier molecular flexibility index (Phi) is 5.53. The third-order valence-corrected chi connectivity index (χ3v) is 5.12. The van der Waals surface area contributed by atoms with Crippen LogP contribution in [0, 0.1) is 5.82 Å². The minimum atomic E-state index is -0.367. The molecule has 0 spiro atoms. The first-order valence-electron chi connectivity index (χ1n) is 9.43. The fourth-order valence-electron chi connectivity index (χ4n) is 3.24. The van der Waals surface area contributed by atoms with E-state index in [9.17, 15) is 14.3 Å². The van der Waals surface area contributed by atoms with E-state index in [0.29, 0.717) is 27.5 Å². The molecule has 0 bridgehead atoms. The maximum atomic E-state index is 13.4. The van der Waals surface area contributed by atoms with Gasteiger partial charge in [-0.3, -0.25) is 4.79 Å². The maximum Gasteiger partial charge on any atom is 0.251 e. The number of nitrogens with one attached hydrogen (secondary N) is 1. The Morgan fingerprint density at radius 1 is 1.17 bits per heavy atom. The molecule has 30 heavy (non-hydrogen) atoms. The molecule has 4 aromatic rings. The lowest BCUT2D eigenvalue weighted by atomic mass is 10.1. The van der Waals surface area contributed by atoms with Crippen molar-refractivity contribution in [3.63, 3.8) is 0 Å². The summed E-state index contributed by atoms with van der Waals surface area (Å²) in [5, 5.41) is 18.0. The Hall–Kier alpha value is -3.22. The molecule has 0 unspecified atom stereocenters. The van der Waals surface area contributed by atoms with Crippen molar-refractivity contribution >= 4 is 28.4 Å². The van der Waals surface area contributed by atoms with Crippen molar-refractivity contribution in [2.24, 2.45) is 0 Å². The number of carbonyl (C=O) groups is 1. The van der Waals surface area contributed by atoms with Gasteiger partial charge < -0.3 is 10.4 Å². The highest BCUT2D eigenvalue weighted by atomic mass is 35.5. The second kappa shape index (κ2) is 8.26. The molecule has 0 fully saturated rings. The van der Waals surface area contributed by atoms with E-state index in [2.05, 4.69) is 5.32 Å². The molecule has 0 aliphatic rings. The zero-order chi connectivity index (χ0) is 21.3. The molecule has 5 nitrogen and oxygen atoms in total. The van der Waals surface area contributed by atoms with Gasteiger partial charge in [0.1, 0.15) is 11.5 Å². The normalized spacial score (nSPS) is 12.1. The van der Waals surface area contributed by atoms with Crippen molar-refractivity contribution in [2.45, 2.75) is 13.0 Å². The molecule has 1 amide bonds. The van der Waals surface area contributed by atoms with Gasteiger partial charge in [0, 0.05) is 22.6 Å². The number of rotatable bonds is 5. The van der Waals surface area contributed by atoms with E-state index in [-0.39, 0.29) is 24.4 Å². The summed E-state index contributed by atoms with van der Waals surface area (Å²) in [7, 11) is 0. The highest BCUT2D eigenvalue weighted by Crippen LogP contribution is 2.34. The maximum absolute atomic E-state index is 13.4. The van der Waals surface area contributed by atoms with E-state index in [0.717, 1.165) is 10.9 Å². The number of fused-ring (bicyclic) bond motifs is 1. The molecule has 0 aliphatic heterocycles.